The summed E-state index contributed by atoms with van der Waals surface area (Å²) in [6.07, 6.45) is 0.327. The van der Waals surface area contributed by atoms with E-state index in [0.717, 1.165) is 39.3 Å². The first-order valence-electron chi connectivity index (χ1n) is 7.36. The first-order chi connectivity index (χ1) is 9.86. The Morgan fingerprint density at radius 3 is 3.20 bits per heavy atom. The molecule has 1 fully saturated rings. The smallest absolute Gasteiger partial charge is 0.0826 e. The first kappa shape index (κ1) is 14.0. The number of morpholine rings is 1. The highest BCUT2D eigenvalue weighted by atomic mass is 32.1. The van der Waals surface area contributed by atoms with E-state index >= 15 is 0 Å². The molecule has 0 amide bonds. The van der Waals surface area contributed by atoms with Gasteiger partial charge in [-0.05, 0) is 28.9 Å². The molecule has 1 saturated heterocycles. The molecule has 0 radical (unpaired) electrons. The molecule has 1 aliphatic rings. The summed E-state index contributed by atoms with van der Waals surface area (Å²) in [5, 5.41) is 7.19. The van der Waals surface area contributed by atoms with Crippen LogP contribution in [0.15, 0.2) is 29.6 Å². The van der Waals surface area contributed by atoms with E-state index < -0.39 is 0 Å². The van der Waals surface area contributed by atoms with Gasteiger partial charge in [-0.2, -0.15) is 0 Å². The number of thiophene rings is 1. The Bertz CT molecular complexity index is 554. The lowest BCUT2D eigenvalue weighted by atomic mass is 10.2. The third kappa shape index (κ3) is 3.20. The molecule has 0 saturated carbocycles. The van der Waals surface area contributed by atoms with Gasteiger partial charge in [-0.1, -0.05) is 25.1 Å². The number of hydrogen-bond donors (Lipinski definition) is 1. The minimum Gasteiger partial charge on any atom is -0.374 e. The van der Waals surface area contributed by atoms with Crippen LogP contribution in [0.2, 0.25) is 0 Å². The minimum absolute atomic E-state index is 0.327. The first-order valence-corrected chi connectivity index (χ1v) is 8.24. The average molecular weight is 290 g/mol. The Hall–Kier alpha value is -0.940. The molecule has 3 nitrogen and oxygen atoms in total. The van der Waals surface area contributed by atoms with Gasteiger partial charge < -0.3 is 10.1 Å². The molecule has 20 heavy (non-hydrogen) atoms. The topological polar surface area (TPSA) is 24.5 Å². The van der Waals surface area contributed by atoms with Crippen LogP contribution < -0.4 is 5.32 Å². The van der Waals surface area contributed by atoms with E-state index in [1.54, 1.807) is 0 Å². The van der Waals surface area contributed by atoms with Gasteiger partial charge in [0.1, 0.15) is 0 Å². The Balaban J connectivity index is 1.52. The molecule has 3 rings (SSSR count). The van der Waals surface area contributed by atoms with E-state index in [2.05, 4.69) is 46.8 Å². The summed E-state index contributed by atoms with van der Waals surface area (Å²) in [5.41, 5.74) is 1.40. The van der Waals surface area contributed by atoms with Crippen molar-refractivity contribution in [1.29, 1.82) is 0 Å². The van der Waals surface area contributed by atoms with Crippen molar-refractivity contribution >= 4 is 21.4 Å². The van der Waals surface area contributed by atoms with Gasteiger partial charge in [0.05, 0.1) is 12.7 Å². The summed E-state index contributed by atoms with van der Waals surface area (Å²) < 4.78 is 7.19. The highest BCUT2D eigenvalue weighted by Gasteiger charge is 2.18. The van der Waals surface area contributed by atoms with Gasteiger partial charge in [-0.25, -0.2) is 0 Å². The number of nitrogens with one attached hydrogen (secondary N) is 1. The van der Waals surface area contributed by atoms with Gasteiger partial charge in [-0.3, -0.25) is 4.90 Å². The molecule has 1 unspecified atom stereocenters. The van der Waals surface area contributed by atoms with Crippen LogP contribution >= 0.6 is 11.3 Å². The second-order valence-electron chi connectivity index (χ2n) is 5.27. The zero-order chi connectivity index (χ0) is 13.8. The Kier molecular flexibility index (Phi) is 4.68. The fourth-order valence-corrected chi connectivity index (χ4v) is 3.69. The quantitative estimate of drug-likeness (QED) is 0.916. The molecule has 1 aromatic carbocycles. The van der Waals surface area contributed by atoms with Crippen LogP contribution in [0.25, 0.3) is 10.1 Å². The largest absolute Gasteiger partial charge is 0.374 e. The fourth-order valence-electron chi connectivity index (χ4n) is 2.73. The van der Waals surface area contributed by atoms with Crippen LogP contribution in [0.4, 0.5) is 0 Å². The van der Waals surface area contributed by atoms with Crippen molar-refractivity contribution in [3.8, 4) is 0 Å². The van der Waals surface area contributed by atoms with Crippen LogP contribution in [-0.2, 0) is 11.3 Å². The fraction of sp³-hybridized carbons (Fsp3) is 0.500. The van der Waals surface area contributed by atoms with Gasteiger partial charge in [0.25, 0.3) is 0 Å². The van der Waals surface area contributed by atoms with Crippen molar-refractivity contribution in [3.63, 3.8) is 0 Å². The SMILES string of the molecule is CCN1CCOC(CNCc2csc3ccccc23)C1. The third-order valence-electron chi connectivity index (χ3n) is 3.92. The highest BCUT2D eigenvalue weighted by Crippen LogP contribution is 2.25. The van der Waals surface area contributed by atoms with E-state index in [9.17, 15) is 0 Å². The maximum absolute atomic E-state index is 5.82. The molecule has 1 aromatic heterocycles. The van der Waals surface area contributed by atoms with Crippen LogP contribution in [0.5, 0.6) is 0 Å². The molecule has 4 heteroatoms. The maximum Gasteiger partial charge on any atom is 0.0826 e. The Morgan fingerprint density at radius 1 is 1.40 bits per heavy atom. The normalized spacial score (nSPS) is 20.6. The summed E-state index contributed by atoms with van der Waals surface area (Å²) in [6.45, 7) is 8.18. The van der Waals surface area contributed by atoms with Crippen molar-refractivity contribution in [3.05, 3.63) is 35.2 Å². The lowest BCUT2D eigenvalue weighted by molar-refractivity contribution is -0.0253. The van der Waals surface area contributed by atoms with Gasteiger partial charge in [0.2, 0.25) is 0 Å². The van der Waals surface area contributed by atoms with Gasteiger partial charge >= 0.3 is 0 Å². The molecule has 108 valence electrons. The number of benzene rings is 1. The predicted octanol–water partition coefficient (Wildman–Crippen LogP) is 2.71. The van der Waals surface area contributed by atoms with E-state index in [4.69, 9.17) is 4.74 Å². The summed E-state index contributed by atoms with van der Waals surface area (Å²) in [4.78, 5) is 2.45. The summed E-state index contributed by atoms with van der Waals surface area (Å²) in [5.74, 6) is 0. The zero-order valence-corrected chi connectivity index (χ0v) is 12.8. The van der Waals surface area contributed by atoms with Crippen molar-refractivity contribution in [2.75, 3.05) is 32.8 Å². The number of ether oxygens (including phenoxy) is 1. The Morgan fingerprint density at radius 2 is 2.30 bits per heavy atom. The van der Waals surface area contributed by atoms with Gasteiger partial charge in [0, 0.05) is 30.9 Å². The molecule has 1 aliphatic heterocycles. The highest BCUT2D eigenvalue weighted by molar-refractivity contribution is 7.17. The van der Waals surface area contributed by atoms with Crippen LogP contribution in [0.3, 0.4) is 0 Å². The maximum atomic E-state index is 5.82. The molecule has 0 aliphatic carbocycles. The van der Waals surface area contributed by atoms with Crippen molar-refractivity contribution < 1.29 is 4.74 Å². The molecule has 2 heterocycles. The lowest BCUT2D eigenvalue weighted by Crippen LogP contribution is -2.46. The molecular formula is C16H22N2OS. The third-order valence-corrected chi connectivity index (χ3v) is 4.93. The van der Waals surface area contributed by atoms with Crippen molar-refractivity contribution in [2.24, 2.45) is 0 Å². The monoisotopic (exact) mass is 290 g/mol. The number of rotatable bonds is 5. The van der Waals surface area contributed by atoms with E-state index in [1.165, 1.54) is 15.6 Å². The molecule has 0 spiro atoms. The number of likely N-dealkylation sites (N-methyl/N-ethyl adjacent to an activating group) is 1. The number of fused-ring (bicyclic) bond motifs is 1. The standard InChI is InChI=1S/C16H22N2OS/c1-2-18-7-8-19-14(11-18)10-17-9-13-12-20-16-6-4-3-5-15(13)16/h3-6,12,14,17H,2,7-11H2,1H3. The summed E-state index contributed by atoms with van der Waals surface area (Å²) in [7, 11) is 0. The second kappa shape index (κ2) is 6.68. The van der Waals surface area contributed by atoms with Crippen molar-refractivity contribution in [1.82, 2.24) is 10.2 Å². The molecular weight excluding hydrogens is 268 g/mol. The van der Waals surface area contributed by atoms with Crippen molar-refractivity contribution in [2.45, 2.75) is 19.6 Å². The lowest BCUT2D eigenvalue weighted by Gasteiger charge is -2.32. The Labute approximate surface area is 124 Å². The number of nitrogens with zero attached hydrogens (tertiary/aromatic N) is 1. The molecule has 1 N–H and O–H groups in total. The van der Waals surface area contributed by atoms with Crippen LogP contribution in [0.1, 0.15) is 12.5 Å². The zero-order valence-electron chi connectivity index (χ0n) is 12.0. The van der Waals surface area contributed by atoms with Gasteiger partial charge in [0.15, 0.2) is 0 Å². The minimum atomic E-state index is 0.327. The molecule has 0 bridgehead atoms. The molecule has 1 atom stereocenters. The van der Waals surface area contributed by atoms with E-state index in [0.29, 0.717) is 6.10 Å². The predicted molar refractivity (Wildman–Crippen MR) is 85.4 cm³/mol. The van der Waals surface area contributed by atoms with Gasteiger partial charge in [-0.15, -0.1) is 11.3 Å². The second-order valence-corrected chi connectivity index (χ2v) is 6.19. The summed E-state index contributed by atoms with van der Waals surface area (Å²) in [6, 6.07) is 8.61. The summed E-state index contributed by atoms with van der Waals surface area (Å²) >= 11 is 1.82. The van der Waals surface area contributed by atoms with Crippen LogP contribution in [0, 0.1) is 0 Å². The van der Waals surface area contributed by atoms with E-state index in [1.807, 2.05) is 11.3 Å². The average Bonchev–Trinajstić information content (AvgIpc) is 2.91. The molecule has 2 aromatic rings. The van der Waals surface area contributed by atoms with Crippen LogP contribution in [-0.4, -0.2) is 43.8 Å². The number of hydrogen-bond acceptors (Lipinski definition) is 4. The van der Waals surface area contributed by atoms with E-state index in [-0.39, 0.29) is 0 Å².